The van der Waals surface area contributed by atoms with Gasteiger partial charge in [-0.25, -0.2) is 0 Å². The van der Waals surface area contributed by atoms with Gasteiger partial charge in [-0.05, 0) is 24.5 Å². The van der Waals surface area contributed by atoms with E-state index in [4.69, 9.17) is 0 Å². The summed E-state index contributed by atoms with van der Waals surface area (Å²) in [6.07, 6.45) is 7.55. The SMILES string of the molecule is CN1Cc2[c-]c(ccc2)-c2cnccc2N(C)Cc2[c-]c(ccc2)-c2cnccc21.[Pt+4]. The molecule has 1 aliphatic rings. The molecular weight excluding hydrogens is 563 g/mol. The van der Waals surface area contributed by atoms with Crippen LogP contribution in [0.2, 0.25) is 0 Å². The van der Waals surface area contributed by atoms with Gasteiger partial charge in [0.2, 0.25) is 0 Å². The van der Waals surface area contributed by atoms with Crippen molar-refractivity contribution in [3.05, 3.63) is 96.6 Å². The van der Waals surface area contributed by atoms with Crippen LogP contribution in [0.3, 0.4) is 0 Å². The van der Waals surface area contributed by atoms with Gasteiger partial charge in [-0.2, -0.15) is 0 Å². The van der Waals surface area contributed by atoms with Gasteiger partial charge in [-0.1, -0.05) is 11.1 Å². The van der Waals surface area contributed by atoms with Crippen LogP contribution < -0.4 is 9.80 Å². The van der Waals surface area contributed by atoms with Gasteiger partial charge in [0.25, 0.3) is 0 Å². The van der Waals surface area contributed by atoms with E-state index in [1.165, 1.54) is 0 Å². The maximum absolute atomic E-state index is 4.38. The third-order valence-electron chi connectivity index (χ3n) is 5.53. The van der Waals surface area contributed by atoms with Crippen LogP contribution in [0.15, 0.2) is 73.3 Å². The summed E-state index contributed by atoms with van der Waals surface area (Å²) in [5, 5.41) is 0. The van der Waals surface area contributed by atoms with Crippen molar-refractivity contribution in [2.24, 2.45) is 0 Å². The summed E-state index contributed by atoms with van der Waals surface area (Å²) in [5.41, 5.74) is 8.80. The first kappa shape index (κ1) is 21.3. The van der Waals surface area contributed by atoms with Crippen molar-refractivity contribution in [3.63, 3.8) is 0 Å². The average molecular weight is 586 g/mol. The fraction of sp³-hybridized carbons (Fsp3) is 0.154. The van der Waals surface area contributed by atoms with E-state index in [0.717, 1.165) is 57.8 Å². The van der Waals surface area contributed by atoms with Crippen molar-refractivity contribution < 1.29 is 21.1 Å². The number of benzene rings is 2. The Morgan fingerprint density at radius 3 is 1.58 bits per heavy atom. The summed E-state index contributed by atoms with van der Waals surface area (Å²) in [6, 6.07) is 24.0. The standard InChI is InChI=1S/C26H22N4.Pt/c1-29-17-19-5-3-8-22(13-19)24-16-28-12-10-26(24)30(2)18-20-6-4-7-21(14-20)23-15-27-11-9-25(23)29;/h3-12,15-16H,17-18H2,1-2H3;/q-2;+4. The van der Waals surface area contributed by atoms with Crippen LogP contribution in [0.1, 0.15) is 11.1 Å². The third kappa shape index (κ3) is 4.26. The van der Waals surface area contributed by atoms with E-state index in [9.17, 15) is 0 Å². The summed E-state index contributed by atoms with van der Waals surface area (Å²) >= 11 is 0. The summed E-state index contributed by atoms with van der Waals surface area (Å²) < 4.78 is 0. The number of aromatic nitrogens is 2. The van der Waals surface area contributed by atoms with Crippen molar-refractivity contribution in [3.8, 4) is 22.3 Å². The van der Waals surface area contributed by atoms with Crippen molar-refractivity contribution in [1.29, 1.82) is 0 Å². The summed E-state index contributed by atoms with van der Waals surface area (Å²) in [4.78, 5) is 13.3. The van der Waals surface area contributed by atoms with E-state index in [-0.39, 0.29) is 21.1 Å². The average Bonchev–Trinajstić information content (AvgIpc) is 2.79. The van der Waals surface area contributed by atoms with Crippen molar-refractivity contribution in [1.82, 2.24) is 9.97 Å². The van der Waals surface area contributed by atoms with E-state index < -0.39 is 0 Å². The van der Waals surface area contributed by atoms with Crippen LogP contribution in [-0.4, -0.2) is 24.1 Å². The van der Waals surface area contributed by atoms with Crippen LogP contribution in [-0.2, 0) is 34.2 Å². The second kappa shape index (κ2) is 9.03. The fourth-order valence-electron chi connectivity index (χ4n) is 4.07. The Morgan fingerprint density at radius 2 is 1.13 bits per heavy atom. The minimum atomic E-state index is 0. The first-order valence-electron chi connectivity index (χ1n) is 10.0. The number of hydrogen-bond donors (Lipinski definition) is 0. The molecule has 3 heterocycles. The zero-order valence-electron chi connectivity index (χ0n) is 17.4. The minimum Gasteiger partial charge on any atom is -0.379 e. The third-order valence-corrected chi connectivity index (χ3v) is 5.53. The Morgan fingerprint density at radius 1 is 0.677 bits per heavy atom. The Hall–Kier alpha value is -2.97. The van der Waals surface area contributed by atoms with Gasteiger partial charge < -0.3 is 9.80 Å². The van der Waals surface area contributed by atoms with Gasteiger partial charge in [0.1, 0.15) is 0 Å². The summed E-state index contributed by atoms with van der Waals surface area (Å²) in [5.74, 6) is 0. The zero-order chi connectivity index (χ0) is 20.5. The maximum atomic E-state index is 4.38. The van der Waals surface area contributed by atoms with Crippen molar-refractivity contribution >= 4 is 11.4 Å². The molecule has 0 N–H and O–H groups in total. The Balaban J connectivity index is 0.00000231. The molecule has 0 unspecified atom stereocenters. The molecule has 0 fully saturated rings. The molecule has 1 aliphatic heterocycles. The Labute approximate surface area is 197 Å². The van der Waals surface area contributed by atoms with Crippen LogP contribution >= 0.6 is 0 Å². The zero-order valence-corrected chi connectivity index (χ0v) is 19.7. The smallest absolute Gasteiger partial charge is 0.379 e. The largest absolute Gasteiger partial charge is 4.00 e. The summed E-state index contributed by atoms with van der Waals surface area (Å²) in [7, 11) is 4.22. The van der Waals surface area contributed by atoms with E-state index in [1.807, 2.05) is 24.8 Å². The van der Waals surface area contributed by atoms with Crippen LogP contribution in [0.5, 0.6) is 0 Å². The molecule has 0 aliphatic carbocycles. The predicted molar refractivity (Wildman–Crippen MR) is 121 cm³/mol. The van der Waals surface area contributed by atoms with Crippen LogP contribution in [0, 0.1) is 12.1 Å². The van der Waals surface area contributed by atoms with Gasteiger partial charge in [0, 0.05) is 51.0 Å². The molecule has 5 heteroatoms. The van der Waals surface area contributed by atoms with Gasteiger partial charge in [-0.3, -0.25) is 9.97 Å². The molecule has 0 saturated heterocycles. The van der Waals surface area contributed by atoms with Crippen LogP contribution in [0.4, 0.5) is 11.4 Å². The number of rotatable bonds is 0. The van der Waals surface area contributed by atoms with Gasteiger partial charge in [0.15, 0.2) is 0 Å². The van der Waals surface area contributed by atoms with Crippen LogP contribution in [0.25, 0.3) is 22.3 Å². The molecule has 0 saturated carbocycles. The molecule has 0 spiro atoms. The molecule has 154 valence electrons. The number of fused-ring (bicyclic) bond motifs is 8. The Kier molecular flexibility index (Phi) is 6.20. The molecule has 4 aromatic rings. The van der Waals surface area contributed by atoms with Crippen molar-refractivity contribution in [2.75, 3.05) is 23.9 Å². The number of pyridine rings is 2. The molecule has 0 atom stereocenters. The van der Waals surface area contributed by atoms with Gasteiger partial charge >= 0.3 is 21.1 Å². The minimum absolute atomic E-state index is 0. The first-order chi connectivity index (χ1) is 14.7. The normalized spacial score (nSPS) is 12.8. The second-order valence-corrected chi connectivity index (χ2v) is 7.68. The quantitative estimate of drug-likeness (QED) is 0.272. The molecule has 0 amide bonds. The molecule has 31 heavy (non-hydrogen) atoms. The van der Waals surface area contributed by atoms with E-state index in [2.05, 4.69) is 94.5 Å². The topological polar surface area (TPSA) is 32.3 Å². The van der Waals surface area contributed by atoms with E-state index in [0.29, 0.717) is 0 Å². The summed E-state index contributed by atoms with van der Waals surface area (Å²) in [6.45, 7) is 1.49. The first-order valence-corrected chi connectivity index (χ1v) is 10.0. The molecular formula is C26H22N4Pt+2. The number of nitrogens with zero attached hydrogens (tertiary/aromatic N) is 4. The Bertz CT molecular complexity index is 1110. The molecule has 4 bridgehead atoms. The van der Waals surface area contributed by atoms with Gasteiger partial charge in [0.05, 0.1) is 0 Å². The molecule has 0 radical (unpaired) electrons. The molecule has 2 aromatic heterocycles. The van der Waals surface area contributed by atoms with E-state index in [1.54, 1.807) is 0 Å². The van der Waals surface area contributed by atoms with Gasteiger partial charge in [-0.15, -0.1) is 70.8 Å². The molecule has 2 aromatic carbocycles. The van der Waals surface area contributed by atoms with E-state index >= 15 is 0 Å². The van der Waals surface area contributed by atoms with Crippen molar-refractivity contribution in [2.45, 2.75) is 13.1 Å². The fourth-order valence-corrected chi connectivity index (χ4v) is 4.07. The molecule has 4 nitrogen and oxygen atoms in total. The molecule has 5 rings (SSSR count). The maximum Gasteiger partial charge on any atom is 4.00 e. The number of anilines is 2. The predicted octanol–water partition coefficient (Wildman–Crippen LogP) is 4.99. The number of hydrogen-bond acceptors (Lipinski definition) is 4. The monoisotopic (exact) mass is 585 g/mol. The second-order valence-electron chi connectivity index (χ2n) is 7.68.